The van der Waals surface area contributed by atoms with Crippen LogP contribution in [0, 0.1) is 0 Å². The number of halogens is 4. The van der Waals surface area contributed by atoms with Crippen LogP contribution >= 0.6 is 11.6 Å². The van der Waals surface area contributed by atoms with Gasteiger partial charge in [-0.25, -0.2) is 0 Å². The number of hydrogen-bond acceptors (Lipinski definition) is 3. The predicted octanol–water partition coefficient (Wildman–Crippen LogP) is 5.45. The van der Waals surface area contributed by atoms with Crippen LogP contribution < -0.4 is 10.2 Å². The van der Waals surface area contributed by atoms with Crippen LogP contribution in [-0.4, -0.2) is 18.3 Å². The Kier molecular flexibility index (Phi) is 4.99. The van der Waals surface area contributed by atoms with E-state index in [1.807, 2.05) is 27.7 Å². The molecule has 27 heavy (non-hydrogen) atoms. The lowest BCUT2D eigenvalue weighted by Gasteiger charge is -2.32. The van der Waals surface area contributed by atoms with E-state index in [-0.39, 0.29) is 10.8 Å². The first-order valence-electron chi connectivity index (χ1n) is 8.40. The quantitative estimate of drug-likeness (QED) is 0.644. The van der Waals surface area contributed by atoms with Gasteiger partial charge in [0, 0.05) is 5.46 Å². The van der Waals surface area contributed by atoms with Crippen molar-refractivity contribution in [3.8, 4) is 11.5 Å². The van der Waals surface area contributed by atoms with Gasteiger partial charge < -0.3 is 14.0 Å². The van der Waals surface area contributed by atoms with Gasteiger partial charge in [-0.2, -0.15) is 13.2 Å². The Bertz CT molecular complexity index is 819. The summed E-state index contributed by atoms with van der Waals surface area (Å²) in [6.07, 6.45) is -4.40. The van der Waals surface area contributed by atoms with E-state index in [4.69, 9.17) is 25.6 Å². The topological polar surface area (TPSA) is 27.7 Å². The van der Waals surface area contributed by atoms with Crippen molar-refractivity contribution >= 4 is 24.2 Å². The molecule has 0 saturated carbocycles. The van der Waals surface area contributed by atoms with E-state index in [1.54, 1.807) is 18.2 Å². The van der Waals surface area contributed by atoms with E-state index in [1.165, 1.54) is 12.1 Å². The van der Waals surface area contributed by atoms with Crippen molar-refractivity contribution in [1.29, 1.82) is 0 Å². The minimum atomic E-state index is -4.40. The van der Waals surface area contributed by atoms with Gasteiger partial charge in [-0.15, -0.1) is 0 Å². The highest BCUT2D eigenvalue weighted by Crippen LogP contribution is 2.38. The molecule has 0 unspecified atom stereocenters. The first-order chi connectivity index (χ1) is 12.4. The van der Waals surface area contributed by atoms with Gasteiger partial charge in [0.25, 0.3) is 0 Å². The predicted molar refractivity (Wildman–Crippen MR) is 98.7 cm³/mol. The summed E-state index contributed by atoms with van der Waals surface area (Å²) < 4.78 is 55.7. The van der Waals surface area contributed by atoms with Crippen molar-refractivity contribution in [1.82, 2.24) is 0 Å². The van der Waals surface area contributed by atoms with Crippen LogP contribution in [0.4, 0.5) is 13.2 Å². The lowest BCUT2D eigenvalue weighted by molar-refractivity contribution is -0.137. The average Bonchev–Trinajstić information content (AvgIpc) is 2.77. The minimum Gasteiger partial charge on any atom is -0.456 e. The summed E-state index contributed by atoms with van der Waals surface area (Å²) in [5.74, 6) is 0.555. The smallest absolute Gasteiger partial charge is 0.456 e. The van der Waals surface area contributed by atoms with E-state index in [2.05, 4.69) is 0 Å². The summed E-state index contributed by atoms with van der Waals surface area (Å²) in [6, 6.07) is 9.55. The molecule has 0 spiro atoms. The summed E-state index contributed by atoms with van der Waals surface area (Å²) in [7, 11) is -0.668. The third-order valence-corrected chi connectivity index (χ3v) is 5.31. The van der Waals surface area contributed by atoms with Gasteiger partial charge in [-0.05, 0) is 58.0 Å². The normalized spacial score (nSPS) is 18.6. The molecule has 2 aromatic rings. The molecular weight excluding hydrogens is 379 g/mol. The molecule has 0 aromatic heterocycles. The molecule has 1 aliphatic heterocycles. The molecule has 1 aliphatic rings. The van der Waals surface area contributed by atoms with Crippen LogP contribution in [0.15, 0.2) is 42.5 Å². The zero-order valence-corrected chi connectivity index (χ0v) is 16.1. The molecule has 3 rings (SSSR count). The first-order valence-corrected chi connectivity index (χ1v) is 8.78. The molecule has 3 nitrogen and oxygen atoms in total. The molecule has 1 saturated heterocycles. The van der Waals surface area contributed by atoms with Crippen molar-refractivity contribution in [2.45, 2.75) is 45.1 Å². The molecule has 144 valence electrons. The van der Waals surface area contributed by atoms with E-state index in [0.717, 1.165) is 12.1 Å². The van der Waals surface area contributed by atoms with Crippen molar-refractivity contribution in [2.75, 3.05) is 0 Å². The lowest BCUT2D eigenvalue weighted by atomic mass is 9.79. The Labute approximate surface area is 161 Å². The Morgan fingerprint density at radius 2 is 1.48 bits per heavy atom. The largest absolute Gasteiger partial charge is 0.496 e. The summed E-state index contributed by atoms with van der Waals surface area (Å²) in [5.41, 5.74) is -1.19. The highest BCUT2D eigenvalue weighted by atomic mass is 35.5. The molecule has 1 heterocycles. The highest BCUT2D eigenvalue weighted by Gasteiger charge is 2.52. The summed E-state index contributed by atoms with van der Waals surface area (Å²) in [6.45, 7) is 7.74. The standard InChI is InChI=1S/C19H19BClF3O3/c1-17(2)18(3,4)27-20(26-17)14-6-5-7-15(16(14)21)25-13-10-8-12(9-11-13)19(22,23)24/h5-11H,1-4H3. The molecule has 1 fully saturated rings. The van der Waals surface area contributed by atoms with E-state index in [0.29, 0.717) is 11.2 Å². The fourth-order valence-electron chi connectivity index (χ4n) is 2.60. The van der Waals surface area contributed by atoms with Crippen molar-refractivity contribution in [2.24, 2.45) is 0 Å². The molecular formula is C19H19BClF3O3. The Morgan fingerprint density at radius 3 is 2.00 bits per heavy atom. The molecule has 0 radical (unpaired) electrons. The number of rotatable bonds is 3. The third kappa shape index (κ3) is 3.95. The van der Waals surface area contributed by atoms with Gasteiger partial charge in [0.2, 0.25) is 0 Å². The lowest BCUT2D eigenvalue weighted by Crippen LogP contribution is -2.41. The van der Waals surface area contributed by atoms with Crippen LogP contribution in [0.2, 0.25) is 5.02 Å². The number of hydrogen-bond donors (Lipinski definition) is 0. The SMILES string of the molecule is CC1(C)OB(c2cccc(Oc3ccc(C(F)(F)F)cc3)c2Cl)OC1(C)C. The monoisotopic (exact) mass is 398 g/mol. The second kappa shape index (κ2) is 6.72. The van der Waals surface area contributed by atoms with Crippen LogP contribution in [-0.2, 0) is 15.5 Å². The number of alkyl halides is 3. The maximum atomic E-state index is 12.7. The third-order valence-electron chi connectivity index (χ3n) is 4.91. The van der Waals surface area contributed by atoms with Crippen LogP contribution in [0.5, 0.6) is 11.5 Å². The van der Waals surface area contributed by atoms with E-state index in [9.17, 15) is 13.2 Å². The molecule has 0 N–H and O–H groups in total. The number of benzene rings is 2. The maximum Gasteiger partial charge on any atom is 0.496 e. The average molecular weight is 399 g/mol. The van der Waals surface area contributed by atoms with Crippen LogP contribution in [0.3, 0.4) is 0 Å². The molecule has 0 amide bonds. The second-order valence-corrected chi connectivity index (χ2v) is 7.75. The van der Waals surface area contributed by atoms with Gasteiger partial charge in [-0.3, -0.25) is 0 Å². The minimum absolute atomic E-state index is 0.246. The Hall–Kier alpha value is -1.70. The zero-order chi connectivity index (χ0) is 20.0. The van der Waals surface area contributed by atoms with Gasteiger partial charge in [0.1, 0.15) is 11.5 Å². The molecule has 0 aliphatic carbocycles. The van der Waals surface area contributed by atoms with Gasteiger partial charge in [0.15, 0.2) is 0 Å². The van der Waals surface area contributed by atoms with E-state index < -0.39 is 30.1 Å². The Balaban J connectivity index is 1.84. The molecule has 0 bridgehead atoms. The first kappa shape index (κ1) is 20.0. The molecule has 2 aromatic carbocycles. The van der Waals surface area contributed by atoms with Crippen molar-refractivity contribution < 1.29 is 27.2 Å². The fourth-order valence-corrected chi connectivity index (χ4v) is 2.85. The van der Waals surface area contributed by atoms with Gasteiger partial charge in [-0.1, -0.05) is 23.7 Å². The van der Waals surface area contributed by atoms with E-state index >= 15 is 0 Å². The van der Waals surface area contributed by atoms with Gasteiger partial charge >= 0.3 is 13.3 Å². The maximum absolute atomic E-state index is 12.7. The summed E-state index contributed by atoms with van der Waals surface area (Å²) in [4.78, 5) is 0. The second-order valence-electron chi connectivity index (χ2n) is 7.37. The van der Waals surface area contributed by atoms with Crippen LogP contribution in [0.25, 0.3) is 0 Å². The van der Waals surface area contributed by atoms with Gasteiger partial charge in [0.05, 0.1) is 21.8 Å². The highest BCUT2D eigenvalue weighted by molar-refractivity contribution is 6.66. The number of ether oxygens (including phenoxy) is 1. The zero-order valence-electron chi connectivity index (χ0n) is 15.4. The van der Waals surface area contributed by atoms with Crippen molar-refractivity contribution in [3.63, 3.8) is 0 Å². The molecule has 0 atom stereocenters. The van der Waals surface area contributed by atoms with Crippen molar-refractivity contribution in [3.05, 3.63) is 53.1 Å². The Morgan fingerprint density at radius 1 is 0.926 bits per heavy atom. The summed E-state index contributed by atoms with van der Waals surface area (Å²) >= 11 is 6.46. The van der Waals surface area contributed by atoms with Crippen LogP contribution in [0.1, 0.15) is 33.3 Å². The molecule has 8 heteroatoms. The fraction of sp³-hybridized carbons (Fsp3) is 0.368. The summed E-state index contributed by atoms with van der Waals surface area (Å²) in [5, 5.41) is 0.288.